The summed E-state index contributed by atoms with van der Waals surface area (Å²) in [4.78, 5) is 10.2. The first-order valence-electron chi connectivity index (χ1n) is 3.52. The Bertz CT molecular complexity index is 338. The maximum absolute atomic E-state index is 10.2. The highest BCUT2D eigenvalue weighted by molar-refractivity contribution is 6.30. The van der Waals surface area contributed by atoms with Gasteiger partial charge >= 0.3 is 6.03 Å². The Morgan fingerprint density at radius 3 is 3.00 bits per heavy atom. The van der Waals surface area contributed by atoms with Gasteiger partial charge in [0.15, 0.2) is 0 Å². The summed E-state index contributed by atoms with van der Waals surface area (Å²) in [5.41, 5.74) is 7.67. The van der Waals surface area contributed by atoms with Gasteiger partial charge in [-0.15, -0.1) is 0 Å². The van der Waals surface area contributed by atoms with Crippen LogP contribution in [0.3, 0.4) is 0 Å². The number of amides is 2. The van der Waals surface area contributed by atoms with Crippen LogP contribution in [0, 0.1) is 0 Å². The number of nitrogens with two attached hydrogens (primary N) is 1. The Morgan fingerprint density at radius 2 is 2.38 bits per heavy atom. The van der Waals surface area contributed by atoms with E-state index in [0.29, 0.717) is 5.02 Å². The molecule has 0 saturated heterocycles. The lowest BCUT2D eigenvalue weighted by atomic mass is 10.2. The minimum Gasteiger partial charge on any atom is -0.350 e. The highest BCUT2D eigenvalue weighted by atomic mass is 35.5. The number of hydrogen-bond donors (Lipinski definition) is 2. The van der Waals surface area contributed by atoms with Gasteiger partial charge in [0.1, 0.15) is 0 Å². The number of halogens is 1. The summed E-state index contributed by atoms with van der Waals surface area (Å²) in [6.07, 6.45) is 1.46. The van der Waals surface area contributed by atoms with Crippen molar-refractivity contribution in [2.24, 2.45) is 10.8 Å². The van der Waals surface area contributed by atoms with Crippen LogP contribution >= 0.6 is 11.6 Å². The van der Waals surface area contributed by atoms with Crippen molar-refractivity contribution in [3.8, 4) is 0 Å². The van der Waals surface area contributed by atoms with E-state index in [4.69, 9.17) is 17.3 Å². The zero-order chi connectivity index (χ0) is 9.68. The standard InChI is InChI=1S/C8H8ClN3O/c9-7-3-1-2-6(4-7)5-11-12-8(10)13/h1-5H,(H3,10,12,13)/b11-5-. The molecule has 2 amide bonds. The molecular weight excluding hydrogens is 190 g/mol. The molecule has 1 aromatic carbocycles. The number of hydrazone groups is 1. The van der Waals surface area contributed by atoms with Crippen molar-refractivity contribution < 1.29 is 4.79 Å². The summed E-state index contributed by atoms with van der Waals surface area (Å²) in [7, 11) is 0. The molecule has 0 saturated carbocycles. The summed E-state index contributed by atoms with van der Waals surface area (Å²) in [6.45, 7) is 0. The third-order valence-corrected chi connectivity index (χ3v) is 1.47. The summed E-state index contributed by atoms with van der Waals surface area (Å²) >= 11 is 5.71. The highest BCUT2D eigenvalue weighted by Gasteiger charge is 1.89. The van der Waals surface area contributed by atoms with E-state index in [0.717, 1.165) is 5.56 Å². The normalized spacial score (nSPS) is 10.2. The molecule has 68 valence electrons. The minimum atomic E-state index is -0.696. The zero-order valence-electron chi connectivity index (χ0n) is 6.70. The lowest BCUT2D eigenvalue weighted by Gasteiger charge is -1.93. The average molecular weight is 198 g/mol. The molecule has 0 atom stereocenters. The van der Waals surface area contributed by atoms with Crippen LogP contribution in [0.4, 0.5) is 4.79 Å². The number of rotatable bonds is 2. The quantitative estimate of drug-likeness (QED) is 0.545. The van der Waals surface area contributed by atoms with Gasteiger partial charge in [-0.1, -0.05) is 23.7 Å². The van der Waals surface area contributed by atoms with Gasteiger partial charge in [0.25, 0.3) is 0 Å². The molecule has 0 fully saturated rings. The highest BCUT2D eigenvalue weighted by Crippen LogP contribution is 2.08. The SMILES string of the molecule is NC(=O)N/N=C\c1cccc(Cl)c1. The van der Waals surface area contributed by atoms with Gasteiger partial charge in [0, 0.05) is 5.02 Å². The molecule has 0 bridgehead atoms. The fourth-order valence-electron chi connectivity index (χ4n) is 0.757. The van der Waals surface area contributed by atoms with Crippen LogP contribution in [0.5, 0.6) is 0 Å². The Labute approximate surface area is 80.4 Å². The predicted octanol–water partition coefficient (Wildman–Crippen LogP) is 1.34. The van der Waals surface area contributed by atoms with Crippen LogP contribution in [-0.4, -0.2) is 12.2 Å². The molecule has 0 aliphatic rings. The number of carbonyl (C=O) groups is 1. The Morgan fingerprint density at radius 1 is 1.62 bits per heavy atom. The lowest BCUT2D eigenvalue weighted by Crippen LogP contribution is -2.24. The molecule has 0 aliphatic carbocycles. The largest absolute Gasteiger partial charge is 0.350 e. The van der Waals surface area contributed by atoms with E-state index in [-0.39, 0.29) is 0 Å². The average Bonchev–Trinajstić information content (AvgIpc) is 2.03. The van der Waals surface area contributed by atoms with E-state index < -0.39 is 6.03 Å². The summed E-state index contributed by atoms with van der Waals surface area (Å²) in [5.74, 6) is 0. The molecular formula is C8H8ClN3O. The summed E-state index contributed by atoms with van der Waals surface area (Å²) < 4.78 is 0. The molecule has 0 unspecified atom stereocenters. The van der Waals surface area contributed by atoms with Crippen LogP contribution < -0.4 is 11.2 Å². The van der Waals surface area contributed by atoms with Crippen LogP contribution in [-0.2, 0) is 0 Å². The summed E-state index contributed by atoms with van der Waals surface area (Å²) in [6, 6.07) is 6.36. The Balaban J connectivity index is 2.63. The van der Waals surface area contributed by atoms with E-state index in [1.54, 1.807) is 24.3 Å². The van der Waals surface area contributed by atoms with Crippen molar-refractivity contribution in [2.75, 3.05) is 0 Å². The second-order valence-corrected chi connectivity index (χ2v) is 2.73. The fraction of sp³-hybridized carbons (Fsp3) is 0. The molecule has 13 heavy (non-hydrogen) atoms. The topological polar surface area (TPSA) is 67.5 Å². The number of benzene rings is 1. The maximum atomic E-state index is 10.2. The molecule has 0 heterocycles. The second kappa shape index (κ2) is 4.47. The number of carbonyl (C=O) groups excluding carboxylic acids is 1. The third kappa shape index (κ3) is 3.57. The van der Waals surface area contributed by atoms with E-state index in [9.17, 15) is 4.79 Å². The number of nitrogens with one attached hydrogen (secondary N) is 1. The van der Waals surface area contributed by atoms with Crippen LogP contribution in [0.15, 0.2) is 29.4 Å². The van der Waals surface area contributed by atoms with Gasteiger partial charge < -0.3 is 5.73 Å². The smallest absolute Gasteiger partial charge is 0.332 e. The molecule has 0 radical (unpaired) electrons. The van der Waals surface area contributed by atoms with Crippen LogP contribution in [0.1, 0.15) is 5.56 Å². The lowest BCUT2D eigenvalue weighted by molar-refractivity contribution is 0.249. The predicted molar refractivity (Wildman–Crippen MR) is 51.8 cm³/mol. The number of primary amides is 1. The number of urea groups is 1. The fourth-order valence-corrected chi connectivity index (χ4v) is 0.956. The van der Waals surface area contributed by atoms with Crippen molar-refractivity contribution in [2.45, 2.75) is 0 Å². The van der Waals surface area contributed by atoms with E-state index in [1.165, 1.54) is 6.21 Å². The second-order valence-electron chi connectivity index (χ2n) is 2.29. The van der Waals surface area contributed by atoms with Crippen LogP contribution in [0.2, 0.25) is 5.02 Å². The van der Waals surface area contributed by atoms with E-state index >= 15 is 0 Å². The Hall–Kier alpha value is -1.55. The maximum Gasteiger partial charge on any atom is 0.332 e. The van der Waals surface area contributed by atoms with Crippen molar-refractivity contribution in [1.29, 1.82) is 0 Å². The first kappa shape index (κ1) is 9.54. The molecule has 5 heteroatoms. The van der Waals surface area contributed by atoms with Crippen molar-refractivity contribution in [3.05, 3.63) is 34.9 Å². The molecule has 4 nitrogen and oxygen atoms in total. The van der Waals surface area contributed by atoms with Crippen molar-refractivity contribution in [3.63, 3.8) is 0 Å². The molecule has 0 aliphatic heterocycles. The molecule has 1 aromatic rings. The number of hydrogen-bond acceptors (Lipinski definition) is 2. The monoisotopic (exact) mass is 197 g/mol. The first-order chi connectivity index (χ1) is 6.18. The summed E-state index contributed by atoms with van der Waals surface area (Å²) in [5, 5.41) is 4.19. The van der Waals surface area contributed by atoms with Crippen molar-refractivity contribution in [1.82, 2.24) is 5.43 Å². The van der Waals surface area contributed by atoms with Gasteiger partial charge in [0.05, 0.1) is 6.21 Å². The van der Waals surface area contributed by atoms with Gasteiger partial charge in [-0.2, -0.15) is 5.10 Å². The minimum absolute atomic E-state index is 0.614. The molecule has 0 aromatic heterocycles. The van der Waals surface area contributed by atoms with Crippen LogP contribution in [0.25, 0.3) is 0 Å². The van der Waals surface area contributed by atoms with Gasteiger partial charge in [-0.25, -0.2) is 10.2 Å². The first-order valence-corrected chi connectivity index (χ1v) is 3.90. The molecule has 0 spiro atoms. The third-order valence-electron chi connectivity index (χ3n) is 1.24. The van der Waals surface area contributed by atoms with Gasteiger partial charge in [0.2, 0.25) is 0 Å². The number of nitrogens with zero attached hydrogens (tertiary/aromatic N) is 1. The van der Waals surface area contributed by atoms with Gasteiger partial charge in [-0.05, 0) is 17.7 Å². The van der Waals surface area contributed by atoms with E-state index in [1.807, 2.05) is 0 Å². The van der Waals surface area contributed by atoms with E-state index in [2.05, 4.69) is 10.5 Å². The molecule has 1 rings (SSSR count). The van der Waals surface area contributed by atoms with Crippen molar-refractivity contribution >= 4 is 23.8 Å². The Kier molecular flexibility index (Phi) is 3.28. The van der Waals surface area contributed by atoms with Gasteiger partial charge in [-0.3, -0.25) is 0 Å². The molecule has 3 N–H and O–H groups in total. The zero-order valence-corrected chi connectivity index (χ0v) is 7.45.